The third-order valence-electron chi connectivity index (χ3n) is 4.50. The van der Waals surface area contributed by atoms with Crippen LogP contribution in [0.5, 0.6) is 5.75 Å². The Morgan fingerprint density at radius 1 is 1.13 bits per heavy atom. The van der Waals surface area contributed by atoms with E-state index in [-0.39, 0.29) is 23.0 Å². The van der Waals surface area contributed by atoms with Crippen LogP contribution in [0.3, 0.4) is 0 Å². The zero-order chi connectivity index (χ0) is 21.3. The summed E-state index contributed by atoms with van der Waals surface area (Å²) in [4.78, 5) is 30.9. The molecule has 30 heavy (non-hydrogen) atoms. The highest BCUT2D eigenvalue weighted by Crippen LogP contribution is 2.37. The van der Waals surface area contributed by atoms with Crippen molar-refractivity contribution in [2.75, 3.05) is 19.0 Å². The number of rotatable bonds is 5. The van der Waals surface area contributed by atoms with E-state index in [0.29, 0.717) is 10.6 Å². The summed E-state index contributed by atoms with van der Waals surface area (Å²) in [5.74, 6) is -2.13. The molecule has 0 saturated heterocycles. The maximum absolute atomic E-state index is 13.3. The molecule has 2 amide bonds. The molecule has 1 aliphatic heterocycles. The van der Waals surface area contributed by atoms with Gasteiger partial charge >= 0.3 is 5.91 Å². The fourth-order valence-corrected chi connectivity index (χ4v) is 4.05. The van der Waals surface area contributed by atoms with Crippen molar-refractivity contribution in [2.45, 2.75) is 0 Å². The molecule has 0 spiro atoms. The van der Waals surface area contributed by atoms with Crippen LogP contribution >= 0.6 is 11.3 Å². The summed E-state index contributed by atoms with van der Waals surface area (Å²) >= 11 is 1.30. The Hall–Kier alpha value is -3.43. The van der Waals surface area contributed by atoms with E-state index in [1.165, 1.54) is 23.7 Å². The van der Waals surface area contributed by atoms with Gasteiger partial charge in [-0.1, -0.05) is 0 Å². The highest BCUT2D eigenvalue weighted by Gasteiger charge is 2.31. The number of hydrogen-bond acceptors (Lipinski definition) is 5. The Morgan fingerprint density at radius 3 is 2.60 bits per heavy atom. The van der Waals surface area contributed by atoms with Crippen LogP contribution in [0.4, 0.5) is 20.2 Å². The lowest BCUT2D eigenvalue weighted by Gasteiger charge is -2.14. The van der Waals surface area contributed by atoms with Gasteiger partial charge in [-0.25, -0.2) is 23.5 Å². The maximum atomic E-state index is 13.3. The van der Waals surface area contributed by atoms with Crippen LogP contribution < -0.4 is 15.0 Å². The minimum Gasteiger partial charge on any atom is -0.497 e. The summed E-state index contributed by atoms with van der Waals surface area (Å²) in [6.45, 7) is -0.226. The van der Waals surface area contributed by atoms with Crippen molar-refractivity contribution < 1.29 is 28.0 Å². The smallest absolute Gasteiger partial charge is 0.362 e. The van der Waals surface area contributed by atoms with Gasteiger partial charge in [-0.15, -0.1) is 11.3 Å². The first-order chi connectivity index (χ1) is 14.4. The van der Waals surface area contributed by atoms with Crippen LogP contribution in [0, 0.1) is 11.6 Å². The number of carbonyl (C=O) groups is 2. The lowest BCUT2D eigenvalue weighted by molar-refractivity contribution is -0.694. The van der Waals surface area contributed by atoms with Crippen LogP contribution in [0.25, 0.3) is 10.4 Å². The standard InChI is InChI=1S/C21H15F2N3O3S/c1-29-14-5-2-12(3-6-14)18-9-17-20(30-18)21(28)26(11-24-17)10-19(27)25-13-4-7-15(22)16(23)8-13/h2-9,11H,10H2,1H3,(H,25,27)/p+1. The monoisotopic (exact) mass is 428 g/mol. The van der Waals surface area contributed by atoms with Crippen LogP contribution in [0.2, 0.25) is 0 Å². The summed E-state index contributed by atoms with van der Waals surface area (Å²) in [5, 5.41) is 2.45. The molecular weight excluding hydrogens is 412 g/mol. The molecule has 2 aromatic carbocycles. The Morgan fingerprint density at radius 2 is 1.90 bits per heavy atom. The number of halogens is 2. The molecule has 1 atom stereocenters. The maximum Gasteiger partial charge on any atom is 0.362 e. The van der Waals surface area contributed by atoms with Gasteiger partial charge in [0.15, 0.2) is 29.4 Å². The van der Waals surface area contributed by atoms with E-state index in [1.807, 2.05) is 30.3 Å². The van der Waals surface area contributed by atoms with E-state index >= 15 is 0 Å². The molecule has 0 bridgehead atoms. The van der Waals surface area contributed by atoms with E-state index in [2.05, 4.69) is 10.3 Å². The van der Waals surface area contributed by atoms with Crippen molar-refractivity contribution in [3.63, 3.8) is 0 Å². The third-order valence-corrected chi connectivity index (χ3v) is 5.67. The first-order valence-corrected chi connectivity index (χ1v) is 9.74. The second-order valence-corrected chi connectivity index (χ2v) is 7.57. The zero-order valence-electron chi connectivity index (χ0n) is 15.7. The molecule has 6 nitrogen and oxygen atoms in total. The van der Waals surface area contributed by atoms with Crippen LogP contribution in [-0.2, 0) is 4.79 Å². The number of ether oxygens (including phenoxy) is 1. The number of methoxy groups -OCH3 is 1. The molecule has 3 aromatic rings. The number of nitrogens with zero attached hydrogens (tertiary/aromatic N) is 1. The zero-order valence-corrected chi connectivity index (χ0v) is 16.6. The molecule has 0 saturated carbocycles. The summed E-state index contributed by atoms with van der Waals surface area (Å²) in [6.07, 6.45) is 1.38. The van der Waals surface area contributed by atoms with Gasteiger partial charge in [-0.2, -0.15) is 0 Å². The summed E-state index contributed by atoms with van der Waals surface area (Å²) in [7, 11) is 1.59. The fourth-order valence-electron chi connectivity index (χ4n) is 2.97. The largest absolute Gasteiger partial charge is 0.497 e. The second kappa shape index (κ2) is 8.13. The Labute approximate surface area is 174 Å². The third kappa shape index (κ3) is 3.98. The van der Waals surface area contributed by atoms with Crippen molar-refractivity contribution >= 4 is 40.9 Å². The molecule has 1 unspecified atom stereocenters. The lowest BCUT2D eigenvalue weighted by atomic mass is 10.1. The molecule has 4 rings (SSSR count). The highest BCUT2D eigenvalue weighted by molar-refractivity contribution is 7.18. The van der Waals surface area contributed by atoms with E-state index in [9.17, 15) is 18.4 Å². The van der Waals surface area contributed by atoms with Crippen molar-refractivity contribution in [2.24, 2.45) is 4.99 Å². The minimum atomic E-state index is -1.06. The minimum absolute atomic E-state index is 0.110. The molecule has 1 aromatic heterocycles. The molecule has 2 N–H and O–H groups in total. The first kappa shape index (κ1) is 19.9. The predicted octanol–water partition coefficient (Wildman–Crippen LogP) is 3.04. The van der Waals surface area contributed by atoms with Gasteiger partial charge in [-0.05, 0) is 48.0 Å². The molecule has 0 fully saturated rings. The number of anilines is 1. The topological polar surface area (TPSA) is 72.2 Å². The molecule has 1 aliphatic rings. The number of fused-ring (bicyclic) bond motifs is 1. The number of carbonyl (C=O) groups excluding carboxylic acids is 2. The van der Waals surface area contributed by atoms with Crippen molar-refractivity contribution in [1.29, 1.82) is 0 Å². The van der Waals surface area contributed by atoms with Crippen LogP contribution in [-0.4, -0.2) is 31.8 Å². The van der Waals surface area contributed by atoms with E-state index < -0.39 is 17.5 Å². The molecule has 9 heteroatoms. The lowest BCUT2D eigenvalue weighted by Crippen LogP contribution is -3.15. The Bertz CT molecular complexity index is 1160. The first-order valence-electron chi connectivity index (χ1n) is 8.92. The predicted molar refractivity (Wildman–Crippen MR) is 110 cm³/mol. The fraction of sp³-hybridized carbons (Fsp3) is 0.0952. The van der Waals surface area contributed by atoms with Gasteiger partial charge in [0.1, 0.15) is 5.75 Å². The SMILES string of the molecule is COc1ccc(-c2cc3c(s2)C(=O)[NH+](CC(=O)Nc2ccc(F)c(F)c2)C=N3)cc1. The average Bonchev–Trinajstić information content (AvgIpc) is 3.18. The van der Waals surface area contributed by atoms with Crippen molar-refractivity contribution in [1.82, 2.24) is 0 Å². The van der Waals surface area contributed by atoms with Gasteiger partial charge in [0.25, 0.3) is 5.91 Å². The quantitative estimate of drug-likeness (QED) is 0.656. The van der Waals surface area contributed by atoms with Gasteiger partial charge in [0.05, 0.1) is 12.8 Å². The molecule has 2 heterocycles. The second-order valence-electron chi connectivity index (χ2n) is 6.52. The number of nitrogens with one attached hydrogen (secondary N) is 2. The van der Waals surface area contributed by atoms with Crippen LogP contribution in [0.15, 0.2) is 53.5 Å². The number of amides is 2. The number of benzene rings is 2. The van der Waals surface area contributed by atoms with E-state index in [4.69, 9.17) is 4.74 Å². The van der Waals surface area contributed by atoms with Crippen molar-refractivity contribution in [3.8, 4) is 16.2 Å². The Balaban J connectivity index is 1.47. The molecular formula is C21H16F2N3O3S+. The highest BCUT2D eigenvalue weighted by atomic mass is 32.1. The van der Waals surface area contributed by atoms with Gasteiger partial charge < -0.3 is 10.1 Å². The van der Waals surface area contributed by atoms with Crippen LogP contribution in [0.1, 0.15) is 9.67 Å². The molecule has 152 valence electrons. The summed E-state index contributed by atoms with van der Waals surface area (Å²) < 4.78 is 31.4. The van der Waals surface area contributed by atoms with Gasteiger partial charge in [-0.3, -0.25) is 4.79 Å². The van der Waals surface area contributed by atoms with Gasteiger partial charge in [0.2, 0.25) is 0 Å². The average molecular weight is 428 g/mol. The van der Waals surface area contributed by atoms with Gasteiger partial charge in [0, 0.05) is 16.6 Å². The van der Waals surface area contributed by atoms with E-state index in [1.54, 1.807) is 7.11 Å². The summed E-state index contributed by atoms with van der Waals surface area (Å²) in [6, 6.07) is 12.3. The number of thiophene rings is 1. The number of hydrogen-bond donors (Lipinski definition) is 2. The number of quaternary nitrogens is 1. The van der Waals surface area contributed by atoms with E-state index in [0.717, 1.165) is 28.3 Å². The van der Waals surface area contributed by atoms with Crippen molar-refractivity contribution in [3.05, 3.63) is 65.0 Å². The molecule has 0 aliphatic carbocycles. The Kier molecular flexibility index (Phi) is 5.39. The number of aliphatic imine (C=N–C) groups is 1. The normalized spacial score (nSPS) is 15.0. The summed E-state index contributed by atoms with van der Waals surface area (Å²) in [5.41, 5.74) is 1.59. The molecule has 0 radical (unpaired) electrons.